The number of nitrogens with zero attached hydrogens (tertiary/aromatic N) is 1. The summed E-state index contributed by atoms with van der Waals surface area (Å²) in [7, 11) is 0. The minimum absolute atomic E-state index is 0.318. The van der Waals surface area contributed by atoms with Gasteiger partial charge in [0, 0.05) is 18.2 Å². The summed E-state index contributed by atoms with van der Waals surface area (Å²) in [5.74, 6) is 0.905. The fourth-order valence-corrected chi connectivity index (χ4v) is 2.48. The van der Waals surface area contributed by atoms with E-state index in [4.69, 9.17) is 4.52 Å². The van der Waals surface area contributed by atoms with Crippen molar-refractivity contribution < 1.29 is 4.52 Å². The molecule has 0 spiro atoms. The molecule has 2 aromatic rings. The average Bonchev–Trinajstić information content (AvgIpc) is 2.82. The molecule has 0 radical (unpaired) electrons. The Morgan fingerprint density at radius 1 is 1.19 bits per heavy atom. The van der Waals surface area contributed by atoms with E-state index in [0.29, 0.717) is 6.04 Å². The first-order chi connectivity index (χ1) is 10.1. The Labute approximate surface area is 127 Å². The Kier molecular flexibility index (Phi) is 5.57. The summed E-state index contributed by atoms with van der Waals surface area (Å²) in [6.45, 7) is 9.17. The van der Waals surface area contributed by atoms with Gasteiger partial charge in [0.15, 0.2) is 0 Å². The van der Waals surface area contributed by atoms with Gasteiger partial charge in [-0.05, 0) is 44.7 Å². The van der Waals surface area contributed by atoms with Crippen LogP contribution in [0.5, 0.6) is 0 Å². The molecule has 114 valence electrons. The van der Waals surface area contributed by atoms with Crippen LogP contribution in [0.25, 0.3) is 0 Å². The molecule has 3 heteroatoms. The molecule has 0 saturated heterocycles. The predicted octanol–water partition coefficient (Wildman–Crippen LogP) is 4.48. The van der Waals surface area contributed by atoms with Crippen LogP contribution in [0.1, 0.15) is 60.9 Å². The highest BCUT2D eigenvalue weighted by Gasteiger charge is 2.11. The number of hydrogen-bond donors (Lipinski definition) is 1. The Morgan fingerprint density at radius 2 is 1.90 bits per heavy atom. The predicted molar refractivity (Wildman–Crippen MR) is 86.3 cm³/mol. The van der Waals surface area contributed by atoms with Crippen LogP contribution in [-0.4, -0.2) is 5.16 Å². The second-order valence-electron chi connectivity index (χ2n) is 5.75. The van der Waals surface area contributed by atoms with Gasteiger partial charge in [0.1, 0.15) is 5.76 Å². The summed E-state index contributed by atoms with van der Waals surface area (Å²) >= 11 is 0. The molecule has 1 heterocycles. The maximum atomic E-state index is 5.20. The van der Waals surface area contributed by atoms with Crippen LogP contribution in [-0.2, 0) is 13.0 Å². The van der Waals surface area contributed by atoms with Crippen LogP contribution in [0.3, 0.4) is 0 Å². The molecule has 2 rings (SSSR count). The zero-order valence-electron chi connectivity index (χ0n) is 13.6. The Bertz CT molecular complexity index is 538. The number of aryl methyl sites for hydroxylation is 3. The first kappa shape index (κ1) is 15.8. The molecule has 1 unspecified atom stereocenters. The van der Waals surface area contributed by atoms with Gasteiger partial charge >= 0.3 is 0 Å². The van der Waals surface area contributed by atoms with E-state index in [1.807, 2.05) is 13.8 Å². The monoisotopic (exact) mass is 286 g/mol. The number of aromatic nitrogens is 1. The molecule has 0 aliphatic rings. The first-order valence-corrected chi connectivity index (χ1v) is 7.85. The standard InChI is InChI=1S/C18H26N2O/c1-5-6-7-16-8-10-17(11-9-16)13(2)19-12-18-14(3)20-21-15(18)4/h8-11,13,19H,5-7,12H2,1-4H3. The normalized spacial score (nSPS) is 12.6. The van der Waals surface area contributed by atoms with Gasteiger partial charge in [-0.15, -0.1) is 0 Å². The van der Waals surface area contributed by atoms with Crippen LogP contribution in [0.15, 0.2) is 28.8 Å². The minimum Gasteiger partial charge on any atom is -0.361 e. The second-order valence-corrected chi connectivity index (χ2v) is 5.75. The van der Waals surface area contributed by atoms with Crippen LogP contribution < -0.4 is 5.32 Å². The molecule has 3 nitrogen and oxygen atoms in total. The van der Waals surface area contributed by atoms with E-state index in [9.17, 15) is 0 Å². The van der Waals surface area contributed by atoms with Crippen LogP contribution in [0.4, 0.5) is 0 Å². The van der Waals surface area contributed by atoms with E-state index in [0.717, 1.165) is 18.0 Å². The van der Waals surface area contributed by atoms with Gasteiger partial charge < -0.3 is 9.84 Å². The van der Waals surface area contributed by atoms with E-state index >= 15 is 0 Å². The summed E-state index contributed by atoms with van der Waals surface area (Å²) in [6.07, 6.45) is 3.69. The number of hydrogen-bond acceptors (Lipinski definition) is 3. The van der Waals surface area contributed by atoms with Gasteiger partial charge in [-0.3, -0.25) is 0 Å². The van der Waals surface area contributed by atoms with Crippen molar-refractivity contribution in [2.24, 2.45) is 0 Å². The van der Waals surface area contributed by atoms with E-state index < -0.39 is 0 Å². The third-order valence-electron chi connectivity index (χ3n) is 4.06. The summed E-state index contributed by atoms with van der Waals surface area (Å²) in [4.78, 5) is 0. The van der Waals surface area contributed by atoms with Crippen molar-refractivity contribution >= 4 is 0 Å². The Hall–Kier alpha value is -1.61. The van der Waals surface area contributed by atoms with E-state index in [2.05, 4.69) is 48.6 Å². The fourth-order valence-electron chi connectivity index (χ4n) is 2.48. The lowest BCUT2D eigenvalue weighted by Crippen LogP contribution is -2.18. The highest BCUT2D eigenvalue weighted by molar-refractivity contribution is 5.26. The van der Waals surface area contributed by atoms with Crippen molar-refractivity contribution in [2.75, 3.05) is 0 Å². The summed E-state index contributed by atoms with van der Waals surface area (Å²) in [5.41, 5.74) is 4.89. The number of rotatable bonds is 7. The quantitative estimate of drug-likeness (QED) is 0.815. The van der Waals surface area contributed by atoms with Crippen molar-refractivity contribution in [1.29, 1.82) is 0 Å². The van der Waals surface area contributed by atoms with E-state index in [1.54, 1.807) is 0 Å². The largest absolute Gasteiger partial charge is 0.361 e. The molecule has 1 aromatic carbocycles. The molecule has 0 bridgehead atoms. The minimum atomic E-state index is 0.318. The molecule has 21 heavy (non-hydrogen) atoms. The smallest absolute Gasteiger partial charge is 0.138 e. The van der Waals surface area contributed by atoms with Crippen molar-refractivity contribution in [3.63, 3.8) is 0 Å². The van der Waals surface area contributed by atoms with Crippen LogP contribution >= 0.6 is 0 Å². The van der Waals surface area contributed by atoms with E-state index in [-0.39, 0.29) is 0 Å². The third kappa shape index (κ3) is 4.18. The Balaban J connectivity index is 1.92. The molecule has 0 amide bonds. The Morgan fingerprint density at radius 3 is 2.48 bits per heavy atom. The van der Waals surface area contributed by atoms with E-state index in [1.165, 1.54) is 36.0 Å². The highest BCUT2D eigenvalue weighted by atomic mass is 16.5. The number of unbranched alkanes of at least 4 members (excludes halogenated alkanes) is 1. The SMILES string of the molecule is CCCCc1ccc(C(C)NCc2c(C)noc2C)cc1. The highest BCUT2D eigenvalue weighted by Crippen LogP contribution is 2.17. The first-order valence-electron chi connectivity index (χ1n) is 7.85. The number of nitrogens with one attached hydrogen (secondary N) is 1. The molecule has 1 aromatic heterocycles. The summed E-state index contributed by atoms with van der Waals surface area (Å²) in [5, 5.41) is 7.54. The molecule has 0 aliphatic heterocycles. The van der Waals surface area contributed by atoms with Crippen molar-refractivity contribution in [1.82, 2.24) is 10.5 Å². The summed E-state index contributed by atoms with van der Waals surface area (Å²) < 4.78 is 5.20. The van der Waals surface area contributed by atoms with Gasteiger partial charge in [0.25, 0.3) is 0 Å². The van der Waals surface area contributed by atoms with Gasteiger partial charge in [-0.1, -0.05) is 42.8 Å². The summed E-state index contributed by atoms with van der Waals surface area (Å²) in [6, 6.07) is 9.28. The molecule has 1 atom stereocenters. The lowest BCUT2D eigenvalue weighted by molar-refractivity contribution is 0.391. The second kappa shape index (κ2) is 7.41. The van der Waals surface area contributed by atoms with Crippen molar-refractivity contribution in [3.05, 3.63) is 52.4 Å². The molecule has 0 saturated carbocycles. The van der Waals surface area contributed by atoms with Crippen molar-refractivity contribution in [3.8, 4) is 0 Å². The van der Waals surface area contributed by atoms with Crippen molar-refractivity contribution in [2.45, 2.75) is 59.5 Å². The van der Waals surface area contributed by atoms with Gasteiger partial charge in [0.05, 0.1) is 5.69 Å². The molecule has 0 aliphatic carbocycles. The molecular formula is C18H26N2O. The fraction of sp³-hybridized carbons (Fsp3) is 0.500. The molecule has 1 N–H and O–H groups in total. The zero-order valence-corrected chi connectivity index (χ0v) is 13.6. The van der Waals surface area contributed by atoms with Gasteiger partial charge in [-0.2, -0.15) is 0 Å². The maximum absolute atomic E-state index is 5.20. The van der Waals surface area contributed by atoms with Crippen LogP contribution in [0.2, 0.25) is 0 Å². The van der Waals surface area contributed by atoms with Gasteiger partial charge in [-0.25, -0.2) is 0 Å². The third-order valence-corrected chi connectivity index (χ3v) is 4.06. The maximum Gasteiger partial charge on any atom is 0.138 e. The average molecular weight is 286 g/mol. The molecule has 0 fully saturated rings. The zero-order chi connectivity index (χ0) is 15.2. The van der Waals surface area contributed by atoms with Crippen LogP contribution in [0, 0.1) is 13.8 Å². The number of benzene rings is 1. The van der Waals surface area contributed by atoms with Gasteiger partial charge in [0.2, 0.25) is 0 Å². The lowest BCUT2D eigenvalue weighted by Gasteiger charge is -2.14. The lowest BCUT2D eigenvalue weighted by atomic mass is 10.0. The molecular weight excluding hydrogens is 260 g/mol. The topological polar surface area (TPSA) is 38.1 Å².